The predicted molar refractivity (Wildman–Crippen MR) is 124 cm³/mol. The lowest BCUT2D eigenvalue weighted by molar-refractivity contribution is 0.414. The lowest BCUT2D eigenvalue weighted by atomic mass is 10.1. The molecular weight excluding hydrogens is 390 g/mol. The summed E-state index contributed by atoms with van der Waals surface area (Å²) in [7, 11) is 5.68. The van der Waals surface area contributed by atoms with E-state index in [9.17, 15) is 0 Å². The van der Waals surface area contributed by atoms with E-state index in [-0.39, 0.29) is 0 Å². The van der Waals surface area contributed by atoms with Gasteiger partial charge in [0, 0.05) is 45.1 Å². The van der Waals surface area contributed by atoms with Crippen LogP contribution in [0.2, 0.25) is 0 Å². The van der Waals surface area contributed by atoms with Crippen LogP contribution in [0, 0.1) is 0 Å². The fourth-order valence-electron chi connectivity index (χ4n) is 3.44. The van der Waals surface area contributed by atoms with Crippen LogP contribution in [0.4, 0.5) is 0 Å². The minimum absolute atomic E-state index is 0.381. The van der Waals surface area contributed by atoms with E-state index in [1.54, 1.807) is 7.11 Å². The molecule has 1 aromatic carbocycles. The summed E-state index contributed by atoms with van der Waals surface area (Å²) < 4.78 is 8.96. The minimum atomic E-state index is 0.381. The standard InChI is InChI=1S/C23H33N7O/c1-7-24-23(28(4)15-18-16-29(5)27-22(18)17(2)3)25-14-19-12-13-30(26-19)20-8-10-21(31-6)11-9-20/h8-13,16-17H,7,14-15H2,1-6H3,(H,24,25). The molecule has 0 amide bonds. The Bertz CT molecular complexity index is 1000. The monoisotopic (exact) mass is 423 g/mol. The van der Waals surface area contributed by atoms with E-state index in [1.165, 1.54) is 5.56 Å². The van der Waals surface area contributed by atoms with Gasteiger partial charge in [0.05, 0.1) is 30.7 Å². The van der Waals surface area contributed by atoms with Crippen molar-refractivity contribution in [2.45, 2.75) is 39.8 Å². The van der Waals surface area contributed by atoms with Gasteiger partial charge in [0.2, 0.25) is 0 Å². The van der Waals surface area contributed by atoms with E-state index in [2.05, 4.69) is 54.4 Å². The molecule has 8 heteroatoms. The van der Waals surface area contributed by atoms with Crippen LogP contribution in [-0.2, 0) is 20.1 Å². The molecule has 0 fully saturated rings. The lowest BCUT2D eigenvalue weighted by Gasteiger charge is -2.22. The van der Waals surface area contributed by atoms with Gasteiger partial charge in [0.1, 0.15) is 5.75 Å². The molecule has 166 valence electrons. The molecule has 0 spiro atoms. The number of hydrogen-bond acceptors (Lipinski definition) is 4. The molecule has 0 aliphatic heterocycles. The second-order valence-electron chi connectivity index (χ2n) is 7.84. The van der Waals surface area contributed by atoms with E-state index in [4.69, 9.17) is 9.73 Å². The molecule has 31 heavy (non-hydrogen) atoms. The maximum Gasteiger partial charge on any atom is 0.194 e. The first-order valence-corrected chi connectivity index (χ1v) is 10.6. The number of benzene rings is 1. The quantitative estimate of drug-likeness (QED) is 0.444. The van der Waals surface area contributed by atoms with Crippen molar-refractivity contribution in [2.24, 2.45) is 12.0 Å². The normalized spacial score (nSPS) is 11.8. The summed E-state index contributed by atoms with van der Waals surface area (Å²) in [6.45, 7) is 8.46. The highest BCUT2D eigenvalue weighted by Crippen LogP contribution is 2.19. The number of ether oxygens (including phenoxy) is 1. The zero-order valence-corrected chi connectivity index (χ0v) is 19.3. The number of guanidine groups is 1. The Morgan fingerprint density at radius 3 is 2.58 bits per heavy atom. The van der Waals surface area contributed by atoms with Crippen LogP contribution in [0.1, 0.15) is 43.6 Å². The third-order valence-electron chi connectivity index (χ3n) is 4.96. The van der Waals surface area contributed by atoms with Crippen LogP contribution >= 0.6 is 0 Å². The highest BCUT2D eigenvalue weighted by Gasteiger charge is 2.15. The van der Waals surface area contributed by atoms with Crippen molar-refractivity contribution in [3.63, 3.8) is 0 Å². The van der Waals surface area contributed by atoms with Gasteiger partial charge in [-0.2, -0.15) is 10.2 Å². The van der Waals surface area contributed by atoms with Gasteiger partial charge < -0.3 is 15.0 Å². The lowest BCUT2D eigenvalue weighted by Crippen LogP contribution is -2.38. The first-order valence-electron chi connectivity index (χ1n) is 10.6. The zero-order chi connectivity index (χ0) is 22.4. The fourth-order valence-corrected chi connectivity index (χ4v) is 3.44. The molecule has 3 aromatic rings. The Hall–Kier alpha value is -3.29. The van der Waals surface area contributed by atoms with Gasteiger partial charge in [0.25, 0.3) is 0 Å². The maximum atomic E-state index is 5.22. The van der Waals surface area contributed by atoms with Crippen molar-refractivity contribution in [3.8, 4) is 11.4 Å². The van der Waals surface area contributed by atoms with Gasteiger partial charge in [-0.05, 0) is 43.2 Å². The summed E-state index contributed by atoms with van der Waals surface area (Å²) in [5.41, 5.74) is 4.24. The summed E-state index contributed by atoms with van der Waals surface area (Å²) in [4.78, 5) is 6.94. The van der Waals surface area contributed by atoms with Gasteiger partial charge in [-0.15, -0.1) is 0 Å². The molecule has 8 nitrogen and oxygen atoms in total. The largest absolute Gasteiger partial charge is 0.497 e. The first kappa shape index (κ1) is 22.4. The Morgan fingerprint density at radius 1 is 1.19 bits per heavy atom. The van der Waals surface area contributed by atoms with E-state index in [0.717, 1.165) is 41.9 Å². The van der Waals surface area contributed by atoms with Gasteiger partial charge in [-0.3, -0.25) is 4.68 Å². The third kappa shape index (κ3) is 5.65. The van der Waals surface area contributed by atoms with Crippen LogP contribution in [0.25, 0.3) is 5.69 Å². The maximum absolute atomic E-state index is 5.22. The Labute approximate surface area is 184 Å². The molecule has 0 atom stereocenters. The molecule has 2 aromatic heterocycles. The summed E-state index contributed by atoms with van der Waals surface area (Å²) in [5.74, 6) is 2.05. The van der Waals surface area contributed by atoms with E-state index in [0.29, 0.717) is 12.5 Å². The SMILES string of the molecule is CCNC(=NCc1ccn(-c2ccc(OC)cc2)n1)N(C)Cc1cn(C)nc1C(C)C. The van der Waals surface area contributed by atoms with Gasteiger partial charge in [0.15, 0.2) is 5.96 Å². The summed E-state index contributed by atoms with van der Waals surface area (Å²) in [6, 6.07) is 9.82. The predicted octanol–water partition coefficient (Wildman–Crippen LogP) is 3.34. The number of aliphatic imine (C=N–C) groups is 1. The van der Waals surface area contributed by atoms with E-state index < -0.39 is 0 Å². The molecule has 0 bridgehead atoms. The van der Waals surface area contributed by atoms with Gasteiger partial charge in [-0.1, -0.05) is 13.8 Å². The molecule has 3 rings (SSSR count). The zero-order valence-electron chi connectivity index (χ0n) is 19.3. The van der Waals surface area contributed by atoms with Crippen molar-refractivity contribution < 1.29 is 4.74 Å². The van der Waals surface area contributed by atoms with Crippen molar-refractivity contribution in [1.82, 2.24) is 29.8 Å². The minimum Gasteiger partial charge on any atom is -0.497 e. The van der Waals surface area contributed by atoms with Crippen LogP contribution < -0.4 is 10.1 Å². The third-order valence-corrected chi connectivity index (χ3v) is 4.96. The highest BCUT2D eigenvalue weighted by molar-refractivity contribution is 5.79. The van der Waals surface area contributed by atoms with Crippen LogP contribution in [-0.4, -0.2) is 51.1 Å². The molecule has 1 N–H and O–H groups in total. The molecule has 0 saturated carbocycles. The molecule has 0 saturated heterocycles. The highest BCUT2D eigenvalue weighted by atomic mass is 16.5. The average molecular weight is 424 g/mol. The number of aryl methyl sites for hydroxylation is 1. The second kappa shape index (κ2) is 10.1. The van der Waals surface area contributed by atoms with E-state index >= 15 is 0 Å². The van der Waals surface area contributed by atoms with Gasteiger partial charge >= 0.3 is 0 Å². The summed E-state index contributed by atoms with van der Waals surface area (Å²) in [5, 5.41) is 12.7. The van der Waals surface area contributed by atoms with Crippen LogP contribution in [0.3, 0.4) is 0 Å². The van der Waals surface area contributed by atoms with Crippen LogP contribution in [0.5, 0.6) is 5.75 Å². The summed E-state index contributed by atoms with van der Waals surface area (Å²) >= 11 is 0. The number of methoxy groups -OCH3 is 1. The van der Waals surface area contributed by atoms with Crippen molar-refractivity contribution in [3.05, 3.63) is 59.7 Å². The smallest absolute Gasteiger partial charge is 0.194 e. The number of hydrogen-bond donors (Lipinski definition) is 1. The van der Waals surface area contributed by atoms with Crippen molar-refractivity contribution >= 4 is 5.96 Å². The first-order chi connectivity index (χ1) is 14.9. The number of nitrogens with one attached hydrogen (secondary N) is 1. The van der Waals surface area contributed by atoms with Crippen molar-refractivity contribution in [1.29, 1.82) is 0 Å². The Kier molecular flexibility index (Phi) is 7.33. The summed E-state index contributed by atoms with van der Waals surface area (Å²) in [6.07, 6.45) is 4.04. The second-order valence-corrected chi connectivity index (χ2v) is 7.84. The molecule has 0 unspecified atom stereocenters. The Morgan fingerprint density at radius 2 is 1.94 bits per heavy atom. The molecule has 0 aliphatic carbocycles. The number of nitrogens with zero attached hydrogens (tertiary/aromatic N) is 6. The molecule has 2 heterocycles. The average Bonchev–Trinajstić information content (AvgIpc) is 3.37. The van der Waals surface area contributed by atoms with E-state index in [1.807, 2.05) is 52.9 Å². The topological polar surface area (TPSA) is 72.5 Å². The van der Waals surface area contributed by atoms with Crippen molar-refractivity contribution in [2.75, 3.05) is 20.7 Å². The number of rotatable bonds is 8. The molecular formula is C23H33N7O. The molecule has 0 radical (unpaired) electrons. The Balaban J connectivity index is 1.71. The molecule has 0 aliphatic rings. The van der Waals surface area contributed by atoms with Gasteiger partial charge in [-0.25, -0.2) is 9.67 Å². The van der Waals surface area contributed by atoms with Crippen LogP contribution in [0.15, 0.2) is 47.7 Å². The fraction of sp³-hybridized carbons (Fsp3) is 0.435. The number of aromatic nitrogens is 4.